The first-order valence-corrected chi connectivity index (χ1v) is 22.2. The van der Waals surface area contributed by atoms with E-state index in [0.717, 1.165) is 55.8 Å². The van der Waals surface area contributed by atoms with Gasteiger partial charge in [0.05, 0.1) is 11.0 Å². The summed E-state index contributed by atoms with van der Waals surface area (Å²) in [5.41, 5.74) is 15.5. The highest BCUT2D eigenvalue weighted by Crippen LogP contribution is 2.45. The molecule has 0 fully saturated rings. The zero-order valence-electron chi connectivity index (χ0n) is 35.4. The summed E-state index contributed by atoms with van der Waals surface area (Å²) in [6.45, 7) is 0. The van der Waals surface area contributed by atoms with Crippen LogP contribution in [-0.4, -0.2) is 4.57 Å². The van der Waals surface area contributed by atoms with Crippen molar-refractivity contribution in [3.05, 3.63) is 243 Å². The molecule has 0 aliphatic heterocycles. The third kappa shape index (κ3) is 6.12. The summed E-state index contributed by atoms with van der Waals surface area (Å²) in [7, 11) is 0. The van der Waals surface area contributed by atoms with Gasteiger partial charge in [-0.2, -0.15) is 0 Å². The SMILES string of the molecule is c1ccc(-c2ccc(N(c3cccc(-c4cccc(-c5cccc6c7c8c(ccc9ccccc98)ccc7n(-c7ccccc7)c56)c4)c3)c3ccc4oc5ccccc5c4c3)cc2)cc1. The first-order valence-electron chi connectivity index (χ1n) is 22.2. The van der Waals surface area contributed by atoms with Gasteiger partial charge in [-0.1, -0.05) is 170 Å². The second-order valence-corrected chi connectivity index (χ2v) is 16.9. The van der Waals surface area contributed by atoms with Crippen LogP contribution >= 0.6 is 0 Å². The summed E-state index contributed by atoms with van der Waals surface area (Å²) in [5.74, 6) is 0. The van der Waals surface area contributed by atoms with E-state index < -0.39 is 0 Å². The van der Waals surface area contributed by atoms with Crippen LogP contribution in [0.25, 0.3) is 104 Å². The van der Waals surface area contributed by atoms with E-state index in [-0.39, 0.29) is 0 Å². The Hall–Kier alpha value is -8.66. The first-order chi connectivity index (χ1) is 32.2. The van der Waals surface area contributed by atoms with Crippen molar-refractivity contribution in [3.63, 3.8) is 0 Å². The molecule has 0 amide bonds. The molecule has 0 radical (unpaired) electrons. The first kappa shape index (κ1) is 36.9. The average Bonchev–Trinajstić information content (AvgIpc) is 3.93. The number of nitrogens with zero attached hydrogens (tertiary/aromatic N) is 2. The Labute approximate surface area is 376 Å². The number of furan rings is 1. The van der Waals surface area contributed by atoms with E-state index in [0.29, 0.717) is 0 Å². The third-order valence-corrected chi connectivity index (χ3v) is 13.1. The van der Waals surface area contributed by atoms with Crippen molar-refractivity contribution >= 4 is 82.4 Å². The minimum atomic E-state index is 0.878. The maximum absolute atomic E-state index is 6.28. The Morgan fingerprint density at radius 2 is 0.923 bits per heavy atom. The molecule has 0 saturated carbocycles. The highest BCUT2D eigenvalue weighted by atomic mass is 16.3. The lowest BCUT2D eigenvalue weighted by atomic mass is 9.95. The molecule has 3 nitrogen and oxygen atoms in total. The quantitative estimate of drug-likeness (QED) is 0.149. The van der Waals surface area contributed by atoms with Crippen LogP contribution in [0.2, 0.25) is 0 Å². The largest absolute Gasteiger partial charge is 0.456 e. The van der Waals surface area contributed by atoms with Crippen molar-refractivity contribution in [2.24, 2.45) is 0 Å². The van der Waals surface area contributed by atoms with E-state index in [4.69, 9.17) is 4.42 Å². The van der Waals surface area contributed by atoms with Crippen LogP contribution in [0.3, 0.4) is 0 Å². The van der Waals surface area contributed by atoms with Gasteiger partial charge in [-0.05, 0) is 122 Å². The van der Waals surface area contributed by atoms with E-state index in [1.54, 1.807) is 0 Å². The summed E-state index contributed by atoms with van der Waals surface area (Å²) in [4.78, 5) is 2.36. The normalized spacial score (nSPS) is 11.7. The maximum atomic E-state index is 6.28. The number of rotatable bonds is 7. The lowest BCUT2D eigenvalue weighted by Crippen LogP contribution is -2.10. The van der Waals surface area contributed by atoms with Crippen LogP contribution in [0.5, 0.6) is 0 Å². The molecule has 0 spiro atoms. The van der Waals surface area contributed by atoms with Gasteiger partial charge in [-0.15, -0.1) is 0 Å². The topological polar surface area (TPSA) is 21.3 Å². The van der Waals surface area contributed by atoms with Crippen LogP contribution in [0.15, 0.2) is 247 Å². The number of benzene rings is 11. The Bertz CT molecular complexity index is 3940. The Morgan fingerprint density at radius 3 is 1.78 bits per heavy atom. The summed E-state index contributed by atoms with van der Waals surface area (Å²) in [6, 6.07) is 87.8. The number of fused-ring (bicyclic) bond motifs is 10. The van der Waals surface area contributed by atoms with Gasteiger partial charge < -0.3 is 13.9 Å². The second kappa shape index (κ2) is 15.0. The molecule has 0 N–H and O–H groups in total. The van der Waals surface area contributed by atoms with Gasteiger partial charge in [-0.3, -0.25) is 0 Å². The van der Waals surface area contributed by atoms with Crippen LogP contribution in [0.1, 0.15) is 0 Å². The van der Waals surface area contributed by atoms with E-state index in [1.165, 1.54) is 65.6 Å². The van der Waals surface area contributed by atoms with Gasteiger partial charge in [0, 0.05) is 49.9 Å². The maximum Gasteiger partial charge on any atom is 0.135 e. The van der Waals surface area contributed by atoms with Crippen molar-refractivity contribution in [1.82, 2.24) is 4.57 Å². The monoisotopic (exact) mass is 828 g/mol. The zero-order valence-corrected chi connectivity index (χ0v) is 35.4. The van der Waals surface area contributed by atoms with Gasteiger partial charge in [0.15, 0.2) is 0 Å². The van der Waals surface area contributed by atoms with Crippen LogP contribution in [0, 0.1) is 0 Å². The lowest BCUT2D eigenvalue weighted by molar-refractivity contribution is 0.669. The van der Waals surface area contributed by atoms with Crippen molar-refractivity contribution in [3.8, 4) is 39.1 Å². The van der Waals surface area contributed by atoms with Crippen molar-refractivity contribution in [2.45, 2.75) is 0 Å². The number of aromatic nitrogens is 1. The van der Waals surface area contributed by atoms with E-state index in [2.05, 4.69) is 240 Å². The van der Waals surface area contributed by atoms with Crippen molar-refractivity contribution in [2.75, 3.05) is 4.90 Å². The summed E-state index contributed by atoms with van der Waals surface area (Å²) in [5, 5.41) is 9.78. The molecule has 0 aliphatic rings. The molecule has 304 valence electrons. The van der Waals surface area contributed by atoms with Crippen molar-refractivity contribution in [1.29, 1.82) is 0 Å². The molecule has 0 aliphatic carbocycles. The highest BCUT2D eigenvalue weighted by molar-refractivity contribution is 6.29. The predicted octanol–water partition coefficient (Wildman–Crippen LogP) is 17.5. The predicted molar refractivity (Wildman–Crippen MR) is 274 cm³/mol. The highest BCUT2D eigenvalue weighted by Gasteiger charge is 2.21. The third-order valence-electron chi connectivity index (χ3n) is 13.1. The van der Waals surface area contributed by atoms with E-state index in [1.807, 2.05) is 12.1 Å². The Kier molecular flexibility index (Phi) is 8.53. The van der Waals surface area contributed by atoms with E-state index >= 15 is 0 Å². The fourth-order valence-electron chi connectivity index (χ4n) is 10.2. The molecular formula is C62H40N2O. The van der Waals surface area contributed by atoms with Crippen LogP contribution in [-0.2, 0) is 0 Å². The van der Waals surface area contributed by atoms with E-state index in [9.17, 15) is 0 Å². The van der Waals surface area contributed by atoms with Crippen LogP contribution in [0.4, 0.5) is 17.1 Å². The van der Waals surface area contributed by atoms with Gasteiger partial charge in [-0.25, -0.2) is 0 Å². The standard InChI is InChI=1S/C62H40N2O/c1-3-14-41(15-4-1)42-30-33-49(34-31-42)63(51-35-37-59-56(40-51)54-24-9-10-27-58(54)65-59)50-22-12-18-46(39-50)45-17-11-19-47(38-45)53-25-13-26-55-61-57(64(62(53)55)48-20-5-2-6-21-48)36-32-44-29-28-43-16-7-8-23-52(43)60(44)61/h1-40H. The second-order valence-electron chi connectivity index (χ2n) is 16.9. The van der Waals surface area contributed by atoms with Crippen LogP contribution < -0.4 is 4.90 Å². The Morgan fingerprint density at radius 1 is 0.323 bits per heavy atom. The molecule has 0 bridgehead atoms. The fourth-order valence-corrected chi connectivity index (χ4v) is 10.2. The smallest absolute Gasteiger partial charge is 0.135 e. The number of anilines is 3. The number of para-hydroxylation sites is 3. The van der Waals surface area contributed by atoms with Gasteiger partial charge in [0.25, 0.3) is 0 Å². The molecule has 0 atom stereocenters. The molecular weight excluding hydrogens is 789 g/mol. The number of hydrogen-bond donors (Lipinski definition) is 0. The molecule has 11 aromatic carbocycles. The number of hydrogen-bond acceptors (Lipinski definition) is 2. The fraction of sp³-hybridized carbons (Fsp3) is 0. The van der Waals surface area contributed by atoms with Gasteiger partial charge in [0.1, 0.15) is 11.2 Å². The zero-order chi connectivity index (χ0) is 42.8. The molecule has 13 rings (SSSR count). The van der Waals surface area contributed by atoms with Gasteiger partial charge >= 0.3 is 0 Å². The minimum Gasteiger partial charge on any atom is -0.456 e. The molecule has 0 unspecified atom stereocenters. The molecule has 0 saturated heterocycles. The van der Waals surface area contributed by atoms with Gasteiger partial charge in [0.2, 0.25) is 0 Å². The molecule has 13 aromatic rings. The summed E-state index contributed by atoms with van der Waals surface area (Å²) < 4.78 is 8.75. The Balaban J connectivity index is 0.975. The molecule has 3 heteroatoms. The molecule has 2 heterocycles. The molecule has 2 aromatic heterocycles. The lowest BCUT2D eigenvalue weighted by Gasteiger charge is -2.26. The molecule has 65 heavy (non-hydrogen) atoms. The van der Waals surface area contributed by atoms with Crippen molar-refractivity contribution < 1.29 is 4.42 Å². The summed E-state index contributed by atoms with van der Waals surface area (Å²) in [6.07, 6.45) is 0. The summed E-state index contributed by atoms with van der Waals surface area (Å²) >= 11 is 0. The minimum absolute atomic E-state index is 0.878. The average molecular weight is 829 g/mol.